The van der Waals surface area contributed by atoms with Crippen LogP contribution in [-0.2, 0) is 4.79 Å². The summed E-state index contributed by atoms with van der Waals surface area (Å²) in [6.45, 7) is 7.66. The van der Waals surface area contributed by atoms with Gasteiger partial charge < -0.3 is 10.3 Å². The largest absolute Gasteiger partial charge is 0.343 e. The molecule has 0 saturated carbocycles. The van der Waals surface area contributed by atoms with Crippen LogP contribution in [0.2, 0.25) is 0 Å². The zero-order valence-electron chi connectivity index (χ0n) is 10.9. The Bertz CT molecular complexity index is 647. The molecule has 5 nitrogen and oxygen atoms in total. The lowest BCUT2D eigenvalue weighted by Gasteiger charge is -2.05. The molecule has 0 aliphatic heterocycles. The first-order valence-corrected chi connectivity index (χ1v) is 6.71. The third kappa shape index (κ3) is 3.01. The van der Waals surface area contributed by atoms with Gasteiger partial charge in [-0.25, -0.2) is 9.97 Å². The van der Waals surface area contributed by atoms with E-state index in [1.807, 2.05) is 13.8 Å². The maximum Gasteiger partial charge on any atom is 0.225 e. The molecule has 2 N–H and O–H groups in total. The van der Waals surface area contributed by atoms with Gasteiger partial charge in [-0.2, -0.15) is 0 Å². The van der Waals surface area contributed by atoms with Crippen molar-refractivity contribution < 1.29 is 4.79 Å². The minimum atomic E-state index is -0.0844. The lowest BCUT2D eigenvalue weighted by atomic mass is 10.2. The van der Waals surface area contributed by atoms with Crippen LogP contribution in [0, 0.1) is 13.8 Å². The molecule has 0 bridgehead atoms. The topological polar surface area (TPSA) is 70.7 Å². The molecule has 0 aliphatic carbocycles. The molecule has 0 atom stereocenters. The predicted octanol–water partition coefficient (Wildman–Crippen LogP) is 3.20. The quantitative estimate of drug-likeness (QED) is 0.908. The lowest BCUT2D eigenvalue weighted by molar-refractivity contribution is -0.116. The number of amides is 1. The third-order valence-electron chi connectivity index (χ3n) is 2.97. The fourth-order valence-corrected chi connectivity index (χ4v) is 2.03. The first-order chi connectivity index (χ1) is 8.99. The molecule has 2 aromatic rings. The average molecular weight is 323 g/mol. The molecule has 2 aromatic heterocycles. The number of nitrogens with zero attached hydrogens (tertiary/aromatic N) is 2. The maximum absolute atomic E-state index is 11.8. The van der Waals surface area contributed by atoms with E-state index in [-0.39, 0.29) is 5.91 Å². The second-order valence-corrected chi connectivity index (χ2v) is 5.51. The number of aryl methyl sites for hydroxylation is 2. The maximum atomic E-state index is 11.8. The summed E-state index contributed by atoms with van der Waals surface area (Å²) in [5.74, 6) is 0.468. The summed E-state index contributed by atoms with van der Waals surface area (Å²) in [5, 5.41) is 3.69. The lowest BCUT2D eigenvalue weighted by Crippen LogP contribution is -2.12. The molecule has 6 heteroatoms. The van der Waals surface area contributed by atoms with Gasteiger partial charge in [0.05, 0.1) is 5.39 Å². The minimum absolute atomic E-state index is 0.0844. The number of hydrogen-bond donors (Lipinski definition) is 2. The summed E-state index contributed by atoms with van der Waals surface area (Å²) < 4.78 is 0.809. The third-order valence-corrected chi connectivity index (χ3v) is 3.37. The van der Waals surface area contributed by atoms with Gasteiger partial charge in [-0.3, -0.25) is 4.79 Å². The molecule has 0 radical (unpaired) electrons. The Morgan fingerprint density at radius 2 is 2.16 bits per heavy atom. The van der Waals surface area contributed by atoms with Crippen LogP contribution in [-0.4, -0.2) is 20.9 Å². The van der Waals surface area contributed by atoms with Crippen LogP contribution in [0.5, 0.6) is 0 Å². The summed E-state index contributed by atoms with van der Waals surface area (Å²) >= 11 is 3.24. The van der Waals surface area contributed by atoms with Crippen LogP contribution in [0.3, 0.4) is 0 Å². The highest BCUT2D eigenvalue weighted by Gasteiger charge is 2.13. The number of nitrogens with one attached hydrogen (secondary N) is 2. The van der Waals surface area contributed by atoms with Crippen LogP contribution in [0.25, 0.3) is 11.0 Å². The number of fused-ring (bicyclic) bond motifs is 1. The van der Waals surface area contributed by atoms with Gasteiger partial charge in [-0.1, -0.05) is 22.5 Å². The van der Waals surface area contributed by atoms with E-state index in [2.05, 4.69) is 42.8 Å². The summed E-state index contributed by atoms with van der Waals surface area (Å²) in [5.41, 5.74) is 2.82. The smallest absolute Gasteiger partial charge is 0.225 e. The molecule has 1 amide bonds. The number of anilines is 1. The number of allylic oxidation sites excluding steroid dienone is 1. The van der Waals surface area contributed by atoms with Crippen LogP contribution >= 0.6 is 15.9 Å². The van der Waals surface area contributed by atoms with Crippen molar-refractivity contribution in [3.05, 3.63) is 28.6 Å². The Hall–Kier alpha value is -1.69. The number of hydrogen-bond acceptors (Lipinski definition) is 3. The standard InChI is InChI=1S/C13H15BrN4O/c1-7(14)4-5-10(19)18-13-11-8(2)9(3)17-12(11)15-6-16-13/h6H,1,4-5H2,2-3H3,(H2,15,16,17,18,19). The van der Waals surface area contributed by atoms with Crippen LogP contribution in [0.15, 0.2) is 17.4 Å². The van der Waals surface area contributed by atoms with E-state index in [4.69, 9.17) is 0 Å². The molecule has 0 spiro atoms. The Morgan fingerprint density at radius 3 is 2.84 bits per heavy atom. The zero-order valence-corrected chi connectivity index (χ0v) is 12.5. The zero-order chi connectivity index (χ0) is 14.0. The monoisotopic (exact) mass is 322 g/mol. The number of carbonyl (C=O) groups is 1. The van der Waals surface area contributed by atoms with Crippen LogP contribution in [0.1, 0.15) is 24.1 Å². The second kappa shape index (κ2) is 5.52. The number of carbonyl (C=O) groups excluding carboxylic acids is 1. The first kappa shape index (κ1) is 13.7. The van der Waals surface area contributed by atoms with E-state index in [1.165, 1.54) is 6.33 Å². The number of halogens is 1. The highest BCUT2D eigenvalue weighted by molar-refractivity contribution is 9.11. The molecule has 100 valence electrons. The number of aromatic amines is 1. The normalized spacial score (nSPS) is 10.7. The van der Waals surface area contributed by atoms with Gasteiger partial charge in [0.25, 0.3) is 0 Å². The molecule has 0 saturated heterocycles. The SMILES string of the molecule is C=C(Br)CCC(=O)Nc1ncnc2[nH]c(C)c(C)c12. The molecule has 0 fully saturated rings. The van der Waals surface area contributed by atoms with Gasteiger partial charge in [-0.15, -0.1) is 0 Å². The summed E-state index contributed by atoms with van der Waals surface area (Å²) in [7, 11) is 0. The van der Waals surface area contributed by atoms with Crippen LogP contribution in [0.4, 0.5) is 5.82 Å². The van der Waals surface area contributed by atoms with E-state index in [1.54, 1.807) is 0 Å². The summed E-state index contributed by atoms with van der Waals surface area (Å²) in [6.07, 6.45) is 2.42. The molecule has 0 aliphatic rings. The molecular weight excluding hydrogens is 308 g/mol. The number of aromatic nitrogens is 3. The fraction of sp³-hybridized carbons (Fsp3) is 0.308. The Morgan fingerprint density at radius 1 is 1.42 bits per heavy atom. The van der Waals surface area contributed by atoms with E-state index in [9.17, 15) is 4.79 Å². The van der Waals surface area contributed by atoms with Gasteiger partial charge in [-0.05, 0) is 30.3 Å². The number of rotatable bonds is 4. The van der Waals surface area contributed by atoms with Crippen molar-refractivity contribution in [3.63, 3.8) is 0 Å². The van der Waals surface area contributed by atoms with Crippen molar-refractivity contribution in [2.45, 2.75) is 26.7 Å². The Labute approximate surface area is 119 Å². The molecule has 0 unspecified atom stereocenters. The van der Waals surface area contributed by atoms with Gasteiger partial charge in [0.15, 0.2) is 0 Å². The van der Waals surface area contributed by atoms with Crippen molar-refractivity contribution in [2.75, 3.05) is 5.32 Å². The highest BCUT2D eigenvalue weighted by atomic mass is 79.9. The van der Waals surface area contributed by atoms with Crippen molar-refractivity contribution in [2.24, 2.45) is 0 Å². The molecular formula is C13H15BrN4O. The van der Waals surface area contributed by atoms with Crippen molar-refractivity contribution in [1.29, 1.82) is 0 Å². The van der Waals surface area contributed by atoms with E-state index in [0.717, 1.165) is 26.8 Å². The van der Waals surface area contributed by atoms with E-state index >= 15 is 0 Å². The molecule has 2 heterocycles. The van der Waals surface area contributed by atoms with Crippen LogP contribution < -0.4 is 5.32 Å². The predicted molar refractivity (Wildman–Crippen MR) is 79.3 cm³/mol. The molecule has 2 rings (SSSR count). The van der Waals surface area contributed by atoms with Crippen molar-refractivity contribution in [3.8, 4) is 0 Å². The van der Waals surface area contributed by atoms with Crippen molar-refractivity contribution >= 4 is 38.7 Å². The second-order valence-electron chi connectivity index (χ2n) is 4.39. The van der Waals surface area contributed by atoms with E-state index < -0.39 is 0 Å². The summed E-state index contributed by atoms with van der Waals surface area (Å²) in [4.78, 5) is 23.3. The van der Waals surface area contributed by atoms with Gasteiger partial charge in [0.1, 0.15) is 17.8 Å². The van der Waals surface area contributed by atoms with Gasteiger partial charge >= 0.3 is 0 Å². The molecule has 0 aromatic carbocycles. The minimum Gasteiger partial charge on any atom is -0.343 e. The average Bonchev–Trinajstić information content (AvgIpc) is 2.64. The number of H-pyrrole nitrogens is 1. The van der Waals surface area contributed by atoms with Crippen molar-refractivity contribution in [1.82, 2.24) is 15.0 Å². The molecule has 19 heavy (non-hydrogen) atoms. The Balaban J connectivity index is 2.25. The summed E-state index contributed by atoms with van der Waals surface area (Å²) in [6, 6.07) is 0. The highest BCUT2D eigenvalue weighted by Crippen LogP contribution is 2.25. The van der Waals surface area contributed by atoms with Gasteiger partial charge in [0, 0.05) is 12.1 Å². The first-order valence-electron chi connectivity index (χ1n) is 5.92. The van der Waals surface area contributed by atoms with E-state index in [0.29, 0.717) is 18.7 Å². The fourth-order valence-electron chi connectivity index (χ4n) is 1.83. The van der Waals surface area contributed by atoms with Gasteiger partial charge in [0.2, 0.25) is 5.91 Å². The Kier molecular flexibility index (Phi) is 3.99.